The van der Waals surface area contributed by atoms with Crippen molar-refractivity contribution in [3.8, 4) is 0 Å². The Morgan fingerprint density at radius 2 is 1.64 bits per heavy atom. The molecule has 0 atom stereocenters. The molecule has 1 aliphatic rings. The highest BCUT2D eigenvalue weighted by molar-refractivity contribution is 5.95. The molecule has 0 radical (unpaired) electrons. The highest BCUT2D eigenvalue weighted by Gasteiger charge is 2.31. The summed E-state index contributed by atoms with van der Waals surface area (Å²) in [7, 11) is 0. The average molecular weight is 453 g/mol. The van der Waals surface area contributed by atoms with Gasteiger partial charge in [-0.05, 0) is 59.2 Å². The second-order valence-electron chi connectivity index (χ2n) is 7.51. The van der Waals surface area contributed by atoms with Gasteiger partial charge in [-0.3, -0.25) is 4.79 Å². The van der Waals surface area contributed by atoms with Crippen molar-refractivity contribution in [2.45, 2.75) is 19.3 Å². The SMILES string of the molecule is O=C(O)c1ccc(/C=N/NC(=O)c2ccc3c(c2)CN(c2cccc(C(F)(F)F)c2)C3)cc1. The first kappa shape index (κ1) is 22.1. The summed E-state index contributed by atoms with van der Waals surface area (Å²) < 4.78 is 39.1. The topological polar surface area (TPSA) is 82.0 Å². The fraction of sp³-hybridized carbons (Fsp3) is 0.125. The van der Waals surface area contributed by atoms with E-state index in [2.05, 4.69) is 10.5 Å². The third-order valence-corrected chi connectivity index (χ3v) is 5.27. The fourth-order valence-electron chi connectivity index (χ4n) is 3.54. The third-order valence-electron chi connectivity index (χ3n) is 5.27. The summed E-state index contributed by atoms with van der Waals surface area (Å²) in [5.41, 5.74) is 5.11. The van der Waals surface area contributed by atoms with Crippen molar-refractivity contribution in [1.29, 1.82) is 0 Å². The summed E-state index contributed by atoms with van der Waals surface area (Å²) in [6.45, 7) is 0.833. The Kier molecular flexibility index (Phi) is 5.87. The quantitative estimate of drug-likeness (QED) is 0.434. The zero-order chi connectivity index (χ0) is 23.6. The molecular weight excluding hydrogens is 435 g/mol. The summed E-state index contributed by atoms with van der Waals surface area (Å²) in [6, 6.07) is 16.3. The molecule has 0 spiro atoms. The lowest BCUT2D eigenvalue weighted by Crippen LogP contribution is -2.18. The first-order valence-electron chi connectivity index (χ1n) is 9.91. The van der Waals surface area contributed by atoms with Crippen molar-refractivity contribution >= 4 is 23.8 Å². The van der Waals surface area contributed by atoms with E-state index in [1.807, 2.05) is 4.90 Å². The number of carbonyl (C=O) groups excluding carboxylic acids is 1. The summed E-state index contributed by atoms with van der Waals surface area (Å²) in [5, 5.41) is 12.8. The predicted molar refractivity (Wildman–Crippen MR) is 116 cm³/mol. The molecule has 0 unspecified atom stereocenters. The minimum Gasteiger partial charge on any atom is -0.478 e. The van der Waals surface area contributed by atoms with Crippen molar-refractivity contribution in [2.24, 2.45) is 5.10 Å². The third kappa shape index (κ3) is 5.03. The number of carbonyl (C=O) groups is 2. The molecule has 4 rings (SSSR count). The van der Waals surface area contributed by atoms with Gasteiger partial charge in [0.25, 0.3) is 5.91 Å². The number of fused-ring (bicyclic) bond motifs is 1. The molecule has 0 saturated heterocycles. The normalized spacial score (nSPS) is 13.2. The van der Waals surface area contributed by atoms with Crippen molar-refractivity contribution < 1.29 is 27.9 Å². The van der Waals surface area contributed by atoms with Crippen LogP contribution in [0.3, 0.4) is 0 Å². The number of hydrogen-bond donors (Lipinski definition) is 2. The largest absolute Gasteiger partial charge is 0.478 e. The van der Waals surface area contributed by atoms with Crippen LogP contribution in [0.15, 0.2) is 71.8 Å². The van der Waals surface area contributed by atoms with Crippen LogP contribution in [0.4, 0.5) is 18.9 Å². The molecule has 1 aliphatic heterocycles. The highest BCUT2D eigenvalue weighted by atomic mass is 19.4. The number of hydrazone groups is 1. The number of aromatic carboxylic acids is 1. The van der Waals surface area contributed by atoms with Gasteiger partial charge in [-0.15, -0.1) is 0 Å². The Hall–Kier alpha value is -4.14. The van der Waals surface area contributed by atoms with E-state index in [9.17, 15) is 22.8 Å². The standard InChI is InChI=1S/C24H18F3N3O3/c25-24(26,27)20-2-1-3-21(11-20)30-13-18-9-8-17(10-19(18)14-30)22(31)29-28-12-15-4-6-16(7-5-15)23(32)33/h1-12H,13-14H2,(H,29,31)(H,32,33)/b28-12+. The van der Waals surface area contributed by atoms with Crippen LogP contribution in [0.25, 0.3) is 0 Å². The molecular formula is C24H18F3N3O3. The van der Waals surface area contributed by atoms with Crippen LogP contribution in [0.2, 0.25) is 0 Å². The van der Waals surface area contributed by atoms with Crippen LogP contribution in [0, 0.1) is 0 Å². The van der Waals surface area contributed by atoms with Gasteiger partial charge in [0.15, 0.2) is 0 Å². The summed E-state index contributed by atoms with van der Waals surface area (Å²) >= 11 is 0. The Labute approximate surface area is 187 Å². The van der Waals surface area contributed by atoms with E-state index in [4.69, 9.17) is 5.11 Å². The van der Waals surface area contributed by atoms with Gasteiger partial charge in [0.2, 0.25) is 0 Å². The van der Waals surface area contributed by atoms with E-state index < -0.39 is 23.6 Å². The number of alkyl halides is 3. The van der Waals surface area contributed by atoms with Crippen LogP contribution >= 0.6 is 0 Å². The molecule has 0 fully saturated rings. The van der Waals surface area contributed by atoms with Gasteiger partial charge in [0.05, 0.1) is 17.3 Å². The van der Waals surface area contributed by atoms with Crippen LogP contribution < -0.4 is 10.3 Å². The van der Waals surface area contributed by atoms with E-state index in [1.54, 1.807) is 36.4 Å². The Morgan fingerprint density at radius 3 is 2.33 bits per heavy atom. The molecule has 0 bridgehead atoms. The monoisotopic (exact) mass is 453 g/mol. The number of hydrogen-bond acceptors (Lipinski definition) is 4. The Balaban J connectivity index is 1.42. The maximum atomic E-state index is 13.0. The van der Waals surface area contributed by atoms with Gasteiger partial charge in [0.1, 0.15) is 0 Å². The Bertz CT molecular complexity index is 1240. The van der Waals surface area contributed by atoms with Crippen molar-refractivity contribution in [1.82, 2.24) is 5.43 Å². The van der Waals surface area contributed by atoms with E-state index >= 15 is 0 Å². The molecule has 168 valence electrons. The van der Waals surface area contributed by atoms with Crippen molar-refractivity contribution in [3.63, 3.8) is 0 Å². The maximum Gasteiger partial charge on any atom is 0.416 e. The lowest BCUT2D eigenvalue weighted by molar-refractivity contribution is -0.137. The first-order chi connectivity index (χ1) is 15.7. The van der Waals surface area contributed by atoms with E-state index in [-0.39, 0.29) is 5.56 Å². The lowest BCUT2D eigenvalue weighted by atomic mass is 10.1. The van der Waals surface area contributed by atoms with Crippen molar-refractivity contribution in [3.05, 3.63) is 100 Å². The van der Waals surface area contributed by atoms with Crippen LogP contribution in [0.5, 0.6) is 0 Å². The van der Waals surface area contributed by atoms with E-state index in [0.29, 0.717) is 29.9 Å². The maximum absolute atomic E-state index is 13.0. The molecule has 1 heterocycles. The Morgan fingerprint density at radius 1 is 0.939 bits per heavy atom. The summed E-state index contributed by atoms with van der Waals surface area (Å²) in [6.07, 6.45) is -3.01. The van der Waals surface area contributed by atoms with Crippen LogP contribution in [-0.2, 0) is 19.3 Å². The highest BCUT2D eigenvalue weighted by Crippen LogP contribution is 2.34. The first-order valence-corrected chi connectivity index (χ1v) is 9.91. The second-order valence-corrected chi connectivity index (χ2v) is 7.51. The molecule has 6 nitrogen and oxygen atoms in total. The van der Waals surface area contributed by atoms with Gasteiger partial charge in [0, 0.05) is 24.3 Å². The van der Waals surface area contributed by atoms with Crippen LogP contribution in [-0.4, -0.2) is 23.2 Å². The minimum absolute atomic E-state index is 0.147. The number of anilines is 1. The zero-order valence-corrected chi connectivity index (χ0v) is 17.1. The summed E-state index contributed by atoms with van der Waals surface area (Å²) in [4.78, 5) is 25.1. The van der Waals surface area contributed by atoms with Gasteiger partial charge in [-0.1, -0.05) is 24.3 Å². The zero-order valence-electron chi connectivity index (χ0n) is 17.1. The molecule has 2 N–H and O–H groups in total. The predicted octanol–water partition coefficient (Wildman–Crippen LogP) is 4.69. The van der Waals surface area contributed by atoms with Gasteiger partial charge < -0.3 is 10.0 Å². The molecule has 0 aliphatic carbocycles. The van der Waals surface area contributed by atoms with Gasteiger partial charge in [-0.25, -0.2) is 10.2 Å². The van der Waals surface area contributed by atoms with E-state index in [1.165, 1.54) is 24.4 Å². The molecule has 0 saturated carbocycles. The number of nitrogens with one attached hydrogen (secondary N) is 1. The van der Waals surface area contributed by atoms with Gasteiger partial charge in [-0.2, -0.15) is 18.3 Å². The molecule has 33 heavy (non-hydrogen) atoms. The number of amides is 1. The lowest BCUT2D eigenvalue weighted by Gasteiger charge is -2.19. The minimum atomic E-state index is -4.41. The fourth-order valence-corrected chi connectivity index (χ4v) is 3.54. The van der Waals surface area contributed by atoms with Crippen LogP contribution in [0.1, 0.15) is 43.0 Å². The van der Waals surface area contributed by atoms with Gasteiger partial charge >= 0.3 is 12.1 Å². The molecule has 3 aromatic carbocycles. The molecule has 0 aromatic heterocycles. The number of carboxylic acid groups (broad SMARTS) is 1. The van der Waals surface area contributed by atoms with E-state index in [0.717, 1.165) is 23.3 Å². The second kappa shape index (κ2) is 8.78. The molecule has 1 amide bonds. The number of carboxylic acids is 1. The van der Waals surface area contributed by atoms with Crippen molar-refractivity contribution in [2.75, 3.05) is 4.90 Å². The number of rotatable bonds is 5. The molecule has 9 heteroatoms. The summed E-state index contributed by atoms with van der Waals surface area (Å²) in [5.74, 6) is -1.47. The number of halogens is 3. The average Bonchev–Trinajstić information content (AvgIpc) is 3.22. The number of nitrogens with zero attached hydrogens (tertiary/aromatic N) is 2. The number of benzene rings is 3. The molecule has 3 aromatic rings. The smallest absolute Gasteiger partial charge is 0.416 e.